The summed E-state index contributed by atoms with van der Waals surface area (Å²) >= 11 is 3.24. The predicted molar refractivity (Wildman–Crippen MR) is 85.4 cm³/mol. The van der Waals surface area contributed by atoms with E-state index in [-0.39, 0.29) is 11.7 Å². The van der Waals surface area contributed by atoms with Crippen LogP contribution in [0.15, 0.2) is 22.7 Å². The Bertz CT molecular complexity index is 501. The molecule has 0 spiro atoms. The van der Waals surface area contributed by atoms with Crippen molar-refractivity contribution in [3.05, 3.63) is 34.1 Å². The number of carbonyl (C=O) groups excluding carboxylic acids is 1. The number of aryl methyl sites for hydroxylation is 1. The maximum atomic E-state index is 13.7. The van der Waals surface area contributed by atoms with E-state index in [1.165, 1.54) is 6.07 Å². The molecule has 0 heterocycles. The molecule has 21 heavy (non-hydrogen) atoms. The maximum absolute atomic E-state index is 13.7. The molecule has 3 nitrogen and oxygen atoms in total. The highest BCUT2D eigenvalue weighted by molar-refractivity contribution is 9.10. The Hall–Kier alpha value is -0.940. The Morgan fingerprint density at radius 1 is 1.33 bits per heavy atom. The summed E-state index contributed by atoms with van der Waals surface area (Å²) in [5.74, 6) is -0.267. The molecule has 116 valence electrons. The van der Waals surface area contributed by atoms with Gasteiger partial charge >= 0.3 is 0 Å². The summed E-state index contributed by atoms with van der Waals surface area (Å²) < 4.78 is 14.4. The Labute approximate surface area is 133 Å². The molecule has 2 rings (SSSR count). The molecule has 0 radical (unpaired) electrons. The fourth-order valence-corrected chi connectivity index (χ4v) is 3.12. The van der Waals surface area contributed by atoms with E-state index in [2.05, 4.69) is 21.2 Å². The van der Waals surface area contributed by atoms with Gasteiger partial charge in [-0.25, -0.2) is 4.39 Å². The lowest BCUT2D eigenvalue weighted by Crippen LogP contribution is -2.55. The summed E-state index contributed by atoms with van der Waals surface area (Å²) in [5, 5.41) is 2.90. The molecule has 1 saturated carbocycles. The van der Waals surface area contributed by atoms with Crippen LogP contribution < -0.4 is 11.1 Å². The van der Waals surface area contributed by atoms with Crippen LogP contribution in [0.2, 0.25) is 0 Å². The van der Waals surface area contributed by atoms with Crippen molar-refractivity contribution in [2.45, 2.75) is 50.5 Å². The number of hydrogen-bond acceptors (Lipinski definition) is 2. The van der Waals surface area contributed by atoms with Gasteiger partial charge in [0.25, 0.3) is 0 Å². The van der Waals surface area contributed by atoms with E-state index in [1.807, 2.05) is 6.07 Å². The minimum absolute atomic E-state index is 0.0570. The summed E-state index contributed by atoms with van der Waals surface area (Å²) in [6, 6.07) is 5.06. The van der Waals surface area contributed by atoms with Crippen LogP contribution >= 0.6 is 15.9 Å². The monoisotopic (exact) mass is 356 g/mol. The first-order chi connectivity index (χ1) is 10.0. The third-order valence-electron chi connectivity index (χ3n) is 4.12. The second-order valence-corrected chi connectivity index (χ2v) is 6.73. The van der Waals surface area contributed by atoms with Crippen LogP contribution in [0.5, 0.6) is 0 Å². The van der Waals surface area contributed by atoms with Gasteiger partial charge in [-0.15, -0.1) is 0 Å². The molecule has 1 aliphatic carbocycles. The first kappa shape index (κ1) is 16.4. The summed E-state index contributed by atoms with van der Waals surface area (Å²) in [7, 11) is 0. The molecule has 1 amide bonds. The van der Waals surface area contributed by atoms with Crippen molar-refractivity contribution in [1.82, 2.24) is 5.32 Å². The minimum atomic E-state index is -0.693. The molecule has 0 bridgehead atoms. The molecule has 1 aromatic carbocycles. The van der Waals surface area contributed by atoms with Gasteiger partial charge < -0.3 is 11.1 Å². The number of carbonyl (C=O) groups is 1. The Kier molecular flexibility index (Phi) is 5.76. The molecule has 5 heteroatoms. The second-order valence-electron chi connectivity index (χ2n) is 5.81. The number of benzene rings is 1. The van der Waals surface area contributed by atoms with Crippen molar-refractivity contribution >= 4 is 21.8 Å². The quantitative estimate of drug-likeness (QED) is 0.795. The van der Waals surface area contributed by atoms with Gasteiger partial charge in [0.15, 0.2) is 0 Å². The summed E-state index contributed by atoms with van der Waals surface area (Å²) in [6.07, 6.45) is 6.05. The highest BCUT2D eigenvalue weighted by Crippen LogP contribution is 2.25. The van der Waals surface area contributed by atoms with Crippen molar-refractivity contribution in [2.75, 3.05) is 6.54 Å². The van der Waals surface area contributed by atoms with Gasteiger partial charge in [0.1, 0.15) is 5.82 Å². The van der Waals surface area contributed by atoms with Crippen molar-refractivity contribution in [3.63, 3.8) is 0 Å². The molecule has 1 fully saturated rings. The topological polar surface area (TPSA) is 55.1 Å². The Morgan fingerprint density at radius 2 is 2.05 bits per heavy atom. The standard InChI is InChI=1S/C16H22BrFN2O/c17-13-7-6-12(14(18)11-13)5-4-10-20-15(21)16(19)8-2-1-3-9-16/h6-7,11H,1-5,8-10,19H2,(H,20,21). The number of halogens is 2. The van der Waals surface area contributed by atoms with E-state index >= 15 is 0 Å². The first-order valence-corrected chi connectivity index (χ1v) is 8.32. The Balaban J connectivity index is 1.75. The van der Waals surface area contributed by atoms with Gasteiger partial charge in [0.05, 0.1) is 5.54 Å². The van der Waals surface area contributed by atoms with Crippen LogP contribution in [-0.4, -0.2) is 18.0 Å². The molecular weight excluding hydrogens is 335 g/mol. The molecule has 0 saturated heterocycles. The summed E-state index contributed by atoms with van der Waals surface area (Å²) in [5.41, 5.74) is 6.14. The van der Waals surface area contributed by atoms with Crippen LogP contribution in [0.3, 0.4) is 0 Å². The molecular formula is C16H22BrFN2O. The third kappa shape index (κ3) is 4.51. The van der Waals surface area contributed by atoms with Gasteiger partial charge in [-0.3, -0.25) is 4.79 Å². The highest BCUT2D eigenvalue weighted by atomic mass is 79.9. The van der Waals surface area contributed by atoms with E-state index in [0.29, 0.717) is 24.9 Å². The molecule has 0 aliphatic heterocycles. The van der Waals surface area contributed by atoms with Crippen LogP contribution in [0.25, 0.3) is 0 Å². The van der Waals surface area contributed by atoms with Gasteiger partial charge in [0, 0.05) is 11.0 Å². The fraction of sp³-hybridized carbons (Fsp3) is 0.562. The first-order valence-electron chi connectivity index (χ1n) is 7.52. The smallest absolute Gasteiger partial charge is 0.240 e. The highest BCUT2D eigenvalue weighted by Gasteiger charge is 2.34. The number of hydrogen-bond donors (Lipinski definition) is 2. The SMILES string of the molecule is NC1(C(=O)NCCCc2ccc(Br)cc2F)CCCCC1. The average Bonchev–Trinajstić information content (AvgIpc) is 2.46. The van der Waals surface area contributed by atoms with E-state index in [0.717, 1.165) is 36.6 Å². The fourth-order valence-electron chi connectivity index (χ4n) is 2.79. The van der Waals surface area contributed by atoms with E-state index in [4.69, 9.17) is 5.73 Å². The second kappa shape index (κ2) is 7.36. The summed E-state index contributed by atoms with van der Waals surface area (Å²) in [6.45, 7) is 0.535. The van der Waals surface area contributed by atoms with E-state index in [1.54, 1.807) is 6.07 Å². The van der Waals surface area contributed by atoms with Gasteiger partial charge in [-0.1, -0.05) is 41.3 Å². The van der Waals surface area contributed by atoms with Gasteiger partial charge in [-0.2, -0.15) is 0 Å². The van der Waals surface area contributed by atoms with Gasteiger partial charge in [0.2, 0.25) is 5.91 Å². The molecule has 3 N–H and O–H groups in total. The molecule has 1 aromatic rings. The van der Waals surface area contributed by atoms with E-state index in [9.17, 15) is 9.18 Å². The lowest BCUT2D eigenvalue weighted by atomic mass is 9.82. The summed E-state index contributed by atoms with van der Waals surface area (Å²) in [4.78, 5) is 12.1. The average molecular weight is 357 g/mol. The molecule has 0 unspecified atom stereocenters. The van der Waals surface area contributed by atoms with Crippen LogP contribution in [0.4, 0.5) is 4.39 Å². The van der Waals surface area contributed by atoms with Crippen molar-refractivity contribution in [3.8, 4) is 0 Å². The van der Waals surface area contributed by atoms with Crippen LogP contribution in [0.1, 0.15) is 44.1 Å². The number of amides is 1. The number of nitrogens with two attached hydrogens (primary N) is 1. The van der Waals surface area contributed by atoms with E-state index < -0.39 is 5.54 Å². The zero-order chi connectivity index (χ0) is 15.3. The van der Waals surface area contributed by atoms with Crippen molar-refractivity contribution in [2.24, 2.45) is 5.73 Å². The lowest BCUT2D eigenvalue weighted by molar-refractivity contribution is -0.127. The molecule has 0 atom stereocenters. The van der Waals surface area contributed by atoms with Crippen LogP contribution in [-0.2, 0) is 11.2 Å². The zero-order valence-electron chi connectivity index (χ0n) is 12.1. The third-order valence-corrected chi connectivity index (χ3v) is 4.61. The minimum Gasteiger partial charge on any atom is -0.354 e. The zero-order valence-corrected chi connectivity index (χ0v) is 13.7. The lowest BCUT2D eigenvalue weighted by Gasteiger charge is -2.31. The van der Waals surface area contributed by atoms with Crippen molar-refractivity contribution in [1.29, 1.82) is 0 Å². The molecule has 1 aliphatic rings. The molecule has 0 aromatic heterocycles. The number of nitrogens with one attached hydrogen (secondary N) is 1. The Morgan fingerprint density at radius 3 is 2.71 bits per heavy atom. The van der Waals surface area contributed by atoms with Crippen molar-refractivity contribution < 1.29 is 9.18 Å². The normalized spacial score (nSPS) is 17.5. The number of rotatable bonds is 5. The predicted octanol–water partition coefficient (Wildman–Crippen LogP) is 3.30. The maximum Gasteiger partial charge on any atom is 0.240 e. The van der Waals surface area contributed by atoms with Crippen LogP contribution in [0, 0.1) is 5.82 Å². The van der Waals surface area contributed by atoms with Gasteiger partial charge in [-0.05, 0) is 43.4 Å². The largest absolute Gasteiger partial charge is 0.354 e.